The summed E-state index contributed by atoms with van der Waals surface area (Å²) in [6, 6.07) is 7.84. The monoisotopic (exact) mass is 291 g/mol. The normalized spacial score (nSPS) is 15.6. The first-order valence-corrected chi connectivity index (χ1v) is 7.23. The number of nitrogens with one attached hydrogen (secondary N) is 1. The van der Waals surface area contributed by atoms with Crippen molar-refractivity contribution in [1.29, 1.82) is 0 Å². The van der Waals surface area contributed by atoms with E-state index in [1.807, 2.05) is 18.2 Å². The number of hydrogen-bond acceptors (Lipinski definition) is 5. The van der Waals surface area contributed by atoms with Crippen LogP contribution in [0.3, 0.4) is 0 Å². The maximum atomic E-state index is 11.4. The molecule has 21 heavy (non-hydrogen) atoms. The molecule has 1 aromatic rings. The van der Waals surface area contributed by atoms with E-state index in [0.29, 0.717) is 14.2 Å². The van der Waals surface area contributed by atoms with Crippen molar-refractivity contribution in [3.8, 4) is 0 Å². The predicted octanol–water partition coefficient (Wildman–Crippen LogP) is 1.29. The number of rotatable bonds is 5. The molecule has 1 aromatic carbocycles. The lowest BCUT2D eigenvalue weighted by Gasteiger charge is -2.35. The van der Waals surface area contributed by atoms with Crippen molar-refractivity contribution >= 4 is 25.1 Å². The minimum Gasteiger partial charge on any atom is -0.450 e. The molecule has 0 spiro atoms. The second kappa shape index (κ2) is 7.90. The van der Waals surface area contributed by atoms with E-state index in [0.717, 1.165) is 37.6 Å². The largest absolute Gasteiger partial charge is 0.450 e. The van der Waals surface area contributed by atoms with Crippen LogP contribution in [0.4, 0.5) is 16.2 Å². The smallest absolute Gasteiger partial charge is 0.411 e. The molecule has 1 N–H and O–H groups in total. The lowest BCUT2D eigenvalue weighted by Crippen LogP contribution is -2.48. The highest BCUT2D eigenvalue weighted by Crippen LogP contribution is 2.21. The number of carbonyl (C=O) groups excluding carboxylic acids is 1. The Hall–Kier alpha value is -1.73. The van der Waals surface area contributed by atoms with Crippen molar-refractivity contribution in [3.63, 3.8) is 0 Å². The van der Waals surface area contributed by atoms with Crippen LogP contribution in [-0.2, 0) is 9.39 Å². The van der Waals surface area contributed by atoms with Crippen molar-refractivity contribution in [3.05, 3.63) is 24.3 Å². The summed E-state index contributed by atoms with van der Waals surface area (Å²) in [5.74, 6) is 0. The maximum Gasteiger partial charge on any atom is 0.411 e. The molecule has 2 rings (SSSR count). The summed E-state index contributed by atoms with van der Waals surface area (Å²) in [7, 11) is 2.40. The van der Waals surface area contributed by atoms with Gasteiger partial charge in [-0.1, -0.05) is 6.07 Å². The van der Waals surface area contributed by atoms with E-state index in [4.69, 9.17) is 9.39 Å². The van der Waals surface area contributed by atoms with E-state index in [1.165, 1.54) is 0 Å². The molecule has 6 nitrogen and oxygen atoms in total. The highest BCUT2D eigenvalue weighted by molar-refractivity contribution is 6.23. The van der Waals surface area contributed by atoms with Gasteiger partial charge < -0.3 is 19.1 Å². The third kappa shape index (κ3) is 4.65. The molecule has 114 valence electrons. The first kappa shape index (κ1) is 15.7. The Morgan fingerprint density at radius 3 is 2.76 bits per heavy atom. The van der Waals surface area contributed by atoms with Gasteiger partial charge in [0.2, 0.25) is 0 Å². The Labute approximate surface area is 126 Å². The van der Waals surface area contributed by atoms with Gasteiger partial charge in [0.05, 0.1) is 6.61 Å². The minimum absolute atomic E-state index is 0.368. The standard InChI is InChI=1S/C14H22BN3O3/c1-3-21-14(19)16-12-5-4-6-13(11-12)17-7-9-18(10-8-17)15-20-2/h4-6,11,15H,3,7-10H2,1-2H3,(H,16,19). The lowest BCUT2D eigenvalue weighted by atomic mass is 10.1. The number of amides is 1. The van der Waals surface area contributed by atoms with E-state index in [2.05, 4.69) is 21.1 Å². The summed E-state index contributed by atoms with van der Waals surface area (Å²) >= 11 is 0. The van der Waals surface area contributed by atoms with Gasteiger partial charge in [0.15, 0.2) is 0 Å². The van der Waals surface area contributed by atoms with Crippen molar-refractivity contribution in [2.45, 2.75) is 6.92 Å². The van der Waals surface area contributed by atoms with Gasteiger partial charge in [-0.2, -0.15) is 0 Å². The van der Waals surface area contributed by atoms with Crippen LogP contribution in [0, 0.1) is 0 Å². The Balaban J connectivity index is 1.93. The summed E-state index contributed by atoms with van der Waals surface area (Å²) < 4.78 is 10.0. The van der Waals surface area contributed by atoms with E-state index in [-0.39, 0.29) is 0 Å². The molecule has 1 saturated heterocycles. The second-order valence-electron chi connectivity index (χ2n) is 4.92. The molecular weight excluding hydrogens is 269 g/mol. The van der Waals surface area contributed by atoms with Crippen molar-refractivity contribution in [2.75, 3.05) is 50.1 Å². The SMILES string of the molecule is CCOC(=O)Nc1cccc(N2CCN(BOC)CC2)c1. The highest BCUT2D eigenvalue weighted by atomic mass is 16.5. The van der Waals surface area contributed by atoms with Crippen molar-refractivity contribution in [1.82, 2.24) is 4.81 Å². The molecule has 0 bridgehead atoms. The van der Waals surface area contributed by atoms with Gasteiger partial charge in [-0.25, -0.2) is 4.79 Å². The molecule has 0 unspecified atom stereocenters. The van der Waals surface area contributed by atoms with Crippen molar-refractivity contribution in [2.24, 2.45) is 0 Å². The van der Waals surface area contributed by atoms with Gasteiger partial charge in [0, 0.05) is 44.7 Å². The van der Waals surface area contributed by atoms with E-state index in [9.17, 15) is 4.79 Å². The van der Waals surface area contributed by atoms with Gasteiger partial charge in [-0.3, -0.25) is 5.32 Å². The van der Waals surface area contributed by atoms with Gasteiger partial charge in [0.25, 0.3) is 0 Å². The number of piperazine rings is 1. The zero-order valence-electron chi connectivity index (χ0n) is 12.7. The van der Waals surface area contributed by atoms with Crippen LogP contribution in [0.1, 0.15) is 6.92 Å². The van der Waals surface area contributed by atoms with Gasteiger partial charge in [-0.15, -0.1) is 0 Å². The average molecular weight is 291 g/mol. The van der Waals surface area contributed by atoms with Gasteiger partial charge in [-0.05, 0) is 25.1 Å². The molecule has 1 amide bonds. The van der Waals surface area contributed by atoms with Crippen LogP contribution < -0.4 is 10.2 Å². The molecule has 0 aromatic heterocycles. The Bertz CT molecular complexity index is 465. The topological polar surface area (TPSA) is 54.0 Å². The maximum absolute atomic E-state index is 11.4. The minimum atomic E-state index is -0.417. The fraction of sp³-hybridized carbons (Fsp3) is 0.500. The fourth-order valence-electron chi connectivity index (χ4n) is 2.38. The van der Waals surface area contributed by atoms with Gasteiger partial charge in [0.1, 0.15) is 0 Å². The molecule has 1 aliphatic rings. The third-order valence-electron chi connectivity index (χ3n) is 3.42. The van der Waals surface area contributed by atoms with Crippen LogP contribution in [0.25, 0.3) is 0 Å². The summed E-state index contributed by atoms with van der Waals surface area (Å²) in [6.45, 7) is 6.01. The molecule has 0 radical (unpaired) electrons. The molecule has 0 atom stereocenters. The summed E-state index contributed by atoms with van der Waals surface area (Å²) in [5.41, 5.74) is 1.87. The number of ether oxygens (including phenoxy) is 1. The highest BCUT2D eigenvalue weighted by Gasteiger charge is 2.18. The number of anilines is 2. The summed E-state index contributed by atoms with van der Waals surface area (Å²) in [6.07, 6.45) is -0.417. The molecular formula is C14H22BN3O3. The summed E-state index contributed by atoms with van der Waals surface area (Å²) in [4.78, 5) is 16.0. The Kier molecular flexibility index (Phi) is 5.89. The molecule has 1 aliphatic heterocycles. The number of nitrogens with zero attached hydrogens (tertiary/aromatic N) is 2. The zero-order valence-corrected chi connectivity index (χ0v) is 12.7. The Morgan fingerprint density at radius 1 is 1.33 bits per heavy atom. The molecule has 1 fully saturated rings. The molecule has 1 heterocycles. The van der Waals surface area contributed by atoms with E-state index < -0.39 is 6.09 Å². The molecule has 0 aliphatic carbocycles. The zero-order chi connectivity index (χ0) is 15.1. The number of hydrogen-bond donors (Lipinski definition) is 1. The van der Waals surface area contributed by atoms with Crippen LogP contribution in [0.5, 0.6) is 0 Å². The molecule has 0 saturated carbocycles. The average Bonchev–Trinajstić information content (AvgIpc) is 2.49. The van der Waals surface area contributed by atoms with Crippen LogP contribution in [-0.4, -0.2) is 58.4 Å². The second-order valence-corrected chi connectivity index (χ2v) is 4.92. The van der Waals surface area contributed by atoms with Gasteiger partial charge >= 0.3 is 13.7 Å². The third-order valence-corrected chi connectivity index (χ3v) is 3.42. The predicted molar refractivity (Wildman–Crippen MR) is 85.0 cm³/mol. The van der Waals surface area contributed by atoms with E-state index >= 15 is 0 Å². The van der Waals surface area contributed by atoms with Crippen LogP contribution in [0.2, 0.25) is 0 Å². The van der Waals surface area contributed by atoms with Crippen molar-refractivity contribution < 1.29 is 14.2 Å². The quantitative estimate of drug-likeness (QED) is 0.829. The van der Waals surface area contributed by atoms with Crippen LogP contribution >= 0.6 is 0 Å². The molecule has 7 heteroatoms. The Morgan fingerprint density at radius 2 is 2.10 bits per heavy atom. The van der Waals surface area contributed by atoms with E-state index in [1.54, 1.807) is 14.0 Å². The fourth-order valence-corrected chi connectivity index (χ4v) is 2.38. The number of carbonyl (C=O) groups is 1. The number of benzene rings is 1. The summed E-state index contributed by atoms with van der Waals surface area (Å²) in [5, 5.41) is 2.73. The van der Waals surface area contributed by atoms with Crippen LogP contribution in [0.15, 0.2) is 24.3 Å². The first-order valence-electron chi connectivity index (χ1n) is 7.23. The first-order chi connectivity index (χ1) is 10.2. The lowest BCUT2D eigenvalue weighted by molar-refractivity contribution is 0.168.